The molecule has 0 aliphatic rings. The van der Waals surface area contributed by atoms with Gasteiger partial charge in [-0.2, -0.15) is 5.06 Å². The van der Waals surface area contributed by atoms with E-state index in [0.29, 0.717) is 36.1 Å². The maximum absolute atomic E-state index is 13.8. The maximum atomic E-state index is 13.8. The highest BCUT2D eigenvalue weighted by Crippen LogP contribution is 2.30. The Bertz CT molecular complexity index is 2580. The van der Waals surface area contributed by atoms with Crippen LogP contribution in [0, 0.1) is 5.92 Å². The molecule has 72 heavy (non-hydrogen) atoms. The predicted molar refractivity (Wildman–Crippen MR) is 263 cm³/mol. The highest BCUT2D eigenvalue weighted by molar-refractivity contribution is 6.00. The lowest BCUT2D eigenvalue weighted by atomic mass is 9.90. The fourth-order valence-corrected chi connectivity index (χ4v) is 7.62. The third-order valence-corrected chi connectivity index (χ3v) is 11.4. The van der Waals surface area contributed by atoms with Gasteiger partial charge in [-0.05, 0) is 67.3 Å². The number of unbranched alkanes of at least 4 members (excludes halogenated alkanes) is 3. The van der Waals surface area contributed by atoms with Crippen LogP contribution in [0.1, 0.15) is 108 Å². The molecule has 18 nitrogen and oxygen atoms in total. The van der Waals surface area contributed by atoms with Crippen molar-refractivity contribution in [1.82, 2.24) is 21.0 Å². The van der Waals surface area contributed by atoms with Crippen LogP contribution in [0.15, 0.2) is 114 Å². The smallest absolute Gasteiger partial charge is 0.366 e. The second-order valence-electron chi connectivity index (χ2n) is 16.3. The molecule has 5 rings (SSSR count). The molecular weight excluding hydrogens is 929 g/mol. The molecule has 0 aliphatic heterocycles. The summed E-state index contributed by atoms with van der Waals surface area (Å²) in [6.07, 6.45) is 3.86. The van der Waals surface area contributed by atoms with E-state index in [0.717, 1.165) is 29.9 Å². The van der Waals surface area contributed by atoms with Gasteiger partial charge in [-0.3, -0.25) is 24.0 Å². The first-order valence-corrected chi connectivity index (χ1v) is 23.7. The van der Waals surface area contributed by atoms with Gasteiger partial charge in [-0.25, -0.2) is 9.59 Å². The lowest BCUT2D eigenvalue weighted by Gasteiger charge is -2.32. The SMILES string of the molecule is CCCCCC[C@@H](C(=O)NCNC(=O)c1ccc(-c2ccc(C(=O)N[C@@H](CC(=O)OCc3ccccc3)C(=O)OCc3ccccc3)c(OCC)c2)o1)[C@@H](CC)N(C=O)OC(=O)c1ccc(OC)cc1OC. The summed E-state index contributed by atoms with van der Waals surface area (Å²) in [6, 6.07) is 27.7. The minimum atomic E-state index is -1.41. The van der Waals surface area contributed by atoms with Crippen molar-refractivity contribution in [3.63, 3.8) is 0 Å². The minimum Gasteiger partial charge on any atom is -0.497 e. The van der Waals surface area contributed by atoms with Crippen LogP contribution in [0.2, 0.25) is 0 Å². The lowest BCUT2D eigenvalue weighted by Crippen LogP contribution is -2.49. The summed E-state index contributed by atoms with van der Waals surface area (Å²) in [5.74, 6) is -4.24. The summed E-state index contributed by atoms with van der Waals surface area (Å²) in [4.78, 5) is 98.7. The number of ether oxygens (including phenoxy) is 5. The van der Waals surface area contributed by atoms with E-state index >= 15 is 0 Å². The number of methoxy groups -OCH3 is 2. The molecule has 4 amide bonds. The fraction of sp³-hybridized carbons (Fsp3) is 0.352. The number of hydroxylamine groups is 2. The van der Waals surface area contributed by atoms with E-state index in [1.807, 2.05) is 12.1 Å². The first-order chi connectivity index (χ1) is 34.9. The number of rotatable bonds is 29. The lowest BCUT2D eigenvalue weighted by molar-refractivity contribution is -0.171. The Hall–Kier alpha value is -8.15. The van der Waals surface area contributed by atoms with E-state index < -0.39 is 60.1 Å². The van der Waals surface area contributed by atoms with E-state index in [9.17, 15) is 33.6 Å². The van der Waals surface area contributed by atoms with Crippen molar-refractivity contribution in [3.8, 4) is 28.6 Å². The van der Waals surface area contributed by atoms with Gasteiger partial charge in [-0.1, -0.05) is 106 Å². The Morgan fingerprint density at radius 1 is 0.708 bits per heavy atom. The van der Waals surface area contributed by atoms with E-state index in [-0.39, 0.29) is 67.1 Å². The zero-order valence-electron chi connectivity index (χ0n) is 41.1. The van der Waals surface area contributed by atoms with Gasteiger partial charge in [0, 0.05) is 11.6 Å². The van der Waals surface area contributed by atoms with Crippen LogP contribution in [-0.4, -0.2) is 86.7 Å². The number of benzene rings is 4. The zero-order valence-corrected chi connectivity index (χ0v) is 41.1. The zero-order chi connectivity index (χ0) is 51.8. The second kappa shape index (κ2) is 28.5. The average Bonchev–Trinajstić information content (AvgIpc) is 3.91. The number of nitrogens with one attached hydrogen (secondary N) is 3. The molecule has 0 unspecified atom stereocenters. The summed E-state index contributed by atoms with van der Waals surface area (Å²) >= 11 is 0. The molecular formula is C54H62N4O14. The third kappa shape index (κ3) is 15.9. The van der Waals surface area contributed by atoms with Crippen LogP contribution in [0.5, 0.6) is 17.2 Å². The Kier molecular flexibility index (Phi) is 21.7. The van der Waals surface area contributed by atoms with E-state index in [2.05, 4.69) is 22.9 Å². The minimum absolute atomic E-state index is 0.0324. The Morgan fingerprint density at radius 2 is 1.40 bits per heavy atom. The summed E-state index contributed by atoms with van der Waals surface area (Å²) < 4.78 is 33.2. The number of esters is 2. The van der Waals surface area contributed by atoms with Gasteiger partial charge in [0.05, 0.1) is 51.4 Å². The van der Waals surface area contributed by atoms with Crippen LogP contribution >= 0.6 is 0 Å². The average molecular weight is 991 g/mol. The van der Waals surface area contributed by atoms with Crippen LogP contribution in [0.25, 0.3) is 11.3 Å². The number of carbonyl (C=O) groups excluding carboxylic acids is 7. The Balaban J connectivity index is 1.24. The quantitative estimate of drug-likeness (QED) is 0.0137. The van der Waals surface area contributed by atoms with Gasteiger partial charge >= 0.3 is 17.9 Å². The summed E-state index contributed by atoms with van der Waals surface area (Å²) in [5.41, 5.74) is 1.98. The van der Waals surface area contributed by atoms with Crippen LogP contribution < -0.4 is 30.2 Å². The molecule has 0 fully saturated rings. The normalized spacial score (nSPS) is 12.0. The van der Waals surface area contributed by atoms with Crippen molar-refractivity contribution in [2.75, 3.05) is 27.5 Å². The van der Waals surface area contributed by atoms with Gasteiger partial charge in [0.2, 0.25) is 12.3 Å². The van der Waals surface area contributed by atoms with Crippen molar-refractivity contribution in [2.45, 2.75) is 91.0 Å². The van der Waals surface area contributed by atoms with Crippen molar-refractivity contribution in [1.29, 1.82) is 0 Å². The van der Waals surface area contributed by atoms with Crippen molar-refractivity contribution < 1.29 is 66.5 Å². The van der Waals surface area contributed by atoms with Crippen LogP contribution in [0.4, 0.5) is 0 Å². The molecule has 5 aromatic rings. The largest absolute Gasteiger partial charge is 0.497 e. The predicted octanol–water partition coefficient (Wildman–Crippen LogP) is 7.74. The first kappa shape index (κ1) is 54.8. The summed E-state index contributed by atoms with van der Waals surface area (Å²) in [5, 5.41) is 8.82. The van der Waals surface area contributed by atoms with Gasteiger partial charge in [-0.15, -0.1) is 0 Å². The Labute approximate surface area is 418 Å². The molecule has 4 aromatic carbocycles. The number of amides is 4. The number of furan rings is 1. The van der Waals surface area contributed by atoms with Gasteiger partial charge in [0.15, 0.2) is 5.76 Å². The molecule has 3 atom stereocenters. The first-order valence-electron chi connectivity index (χ1n) is 23.7. The number of nitrogens with zero attached hydrogens (tertiary/aromatic N) is 1. The molecule has 382 valence electrons. The van der Waals surface area contributed by atoms with Crippen LogP contribution in [-0.2, 0) is 46.7 Å². The number of hydrogen-bond donors (Lipinski definition) is 3. The van der Waals surface area contributed by atoms with Crippen molar-refractivity contribution >= 4 is 42.0 Å². The fourth-order valence-electron chi connectivity index (χ4n) is 7.62. The Morgan fingerprint density at radius 3 is 2.04 bits per heavy atom. The van der Waals surface area contributed by atoms with Gasteiger partial charge in [0.1, 0.15) is 47.8 Å². The molecule has 1 heterocycles. The third-order valence-electron chi connectivity index (χ3n) is 11.4. The molecule has 0 bridgehead atoms. The maximum Gasteiger partial charge on any atom is 0.366 e. The van der Waals surface area contributed by atoms with Gasteiger partial charge < -0.3 is 48.9 Å². The molecule has 0 saturated heterocycles. The standard InChI is InChI=1S/C54H62N4O14/c1-6-9-10-17-22-40(44(7-2)58(35-59)72-53(64)42-26-24-39(66-4)30-47(42)67-5)50(61)55-34-56-52(63)46-28-27-45(71-46)38-23-25-41(48(29-38)68-8-3)51(62)57-43(54(65)70-33-37-20-15-12-16-21-37)31-49(60)69-32-36-18-13-11-14-19-36/h11-16,18-21,23-30,35,40,43-44H,6-10,17,22,31-34H2,1-5H3,(H,55,61)(H,56,63)(H,57,62)/t40-,43+,44-/m1/s1. The molecule has 0 saturated carbocycles. The van der Waals surface area contributed by atoms with Crippen molar-refractivity contribution in [2.24, 2.45) is 5.92 Å². The van der Waals surface area contributed by atoms with Gasteiger partial charge in [0.25, 0.3) is 11.8 Å². The monoisotopic (exact) mass is 990 g/mol. The topological polar surface area (TPSA) is 227 Å². The molecule has 3 N–H and O–H groups in total. The van der Waals surface area contributed by atoms with Crippen molar-refractivity contribution in [3.05, 3.63) is 137 Å². The van der Waals surface area contributed by atoms with Crippen LogP contribution in [0.3, 0.4) is 0 Å². The molecule has 0 aliphatic carbocycles. The number of carbonyl (C=O) groups is 7. The second-order valence-corrected chi connectivity index (χ2v) is 16.3. The molecule has 0 radical (unpaired) electrons. The van der Waals surface area contributed by atoms with E-state index in [1.165, 1.54) is 44.6 Å². The summed E-state index contributed by atoms with van der Waals surface area (Å²) in [6.45, 7) is 5.28. The molecule has 18 heteroatoms. The molecule has 1 aromatic heterocycles. The number of hydrogen-bond acceptors (Lipinski definition) is 14. The highest BCUT2D eigenvalue weighted by Gasteiger charge is 2.34. The summed E-state index contributed by atoms with van der Waals surface area (Å²) in [7, 11) is 2.85. The van der Waals surface area contributed by atoms with E-state index in [4.69, 9.17) is 32.9 Å². The van der Waals surface area contributed by atoms with E-state index in [1.54, 1.807) is 80.6 Å². The highest BCUT2D eigenvalue weighted by atomic mass is 16.7. The molecule has 0 spiro atoms.